The van der Waals surface area contributed by atoms with Gasteiger partial charge in [-0.1, -0.05) is 36.4 Å². The molecule has 0 saturated heterocycles. The van der Waals surface area contributed by atoms with Gasteiger partial charge in [-0.05, 0) is 34.7 Å². The van der Waals surface area contributed by atoms with Crippen molar-refractivity contribution in [3.63, 3.8) is 0 Å². The summed E-state index contributed by atoms with van der Waals surface area (Å²) in [4.78, 5) is 3.05. The lowest BCUT2D eigenvalue weighted by Gasteiger charge is -2.33. The van der Waals surface area contributed by atoms with Crippen molar-refractivity contribution in [2.45, 2.75) is 30.6 Å². The Bertz CT molecular complexity index is 933. The third-order valence-corrected chi connectivity index (χ3v) is 4.68. The molecular formula is C19H13F8N. The summed E-state index contributed by atoms with van der Waals surface area (Å²) in [5.41, 5.74) is 0.689. The zero-order valence-corrected chi connectivity index (χ0v) is 14.3. The third kappa shape index (κ3) is 2.79. The first kappa shape index (κ1) is 20.3. The number of fused-ring (bicyclic) bond motifs is 3. The van der Waals surface area contributed by atoms with Gasteiger partial charge in [0.25, 0.3) is 0 Å². The van der Waals surface area contributed by atoms with Crippen LogP contribution in [0, 0.1) is 0 Å². The summed E-state index contributed by atoms with van der Waals surface area (Å²) in [6.07, 6.45) is -4.65. The first-order chi connectivity index (χ1) is 12.9. The summed E-state index contributed by atoms with van der Waals surface area (Å²) in [5, 5.41) is 0. The van der Waals surface area contributed by atoms with E-state index in [0.29, 0.717) is 24.6 Å². The van der Waals surface area contributed by atoms with Gasteiger partial charge in [0.05, 0.1) is 0 Å². The van der Waals surface area contributed by atoms with Gasteiger partial charge in [0, 0.05) is 12.6 Å². The minimum absolute atomic E-state index is 0.325. The van der Waals surface area contributed by atoms with E-state index in [1.54, 1.807) is 24.3 Å². The zero-order chi connectivity index (χ0) is 20.9. The van der Waals surface area contributed by atoms with Gasteiger partial charge in [0.2, 0.25) is 0 Å². The molecule has 0 saturated carbocycles. The minimum atomic E-state index is -6.34. The Hall–Kier alpha value is -2.45. The highest BCUT2D eigenvalue weighted by Crippen LogP contribution is 2.50. The molecule has 0 bridgehead atoms. The Morgan fingerprint density at radius 1 is 0.893 bits per heavy atom. The summed E-state index contributed by atoms with van der Waals surface area (Å²) in [6, 6.07) is 10.7. The van der Waals surface area contributed by atoms with Crippen LogP contribution in [0.25, 0.3) is 11.1 Å². The van der Waals surface area contributed by atoms with Crippen LogP contribution in [-0.4, -0.2) is 37.0 Å². The van der Waals surface area contributed by atoms with Gasteiger partial charge in [0.15, 0.2) is 0 Å². The van der Waals surface area contributed by atoms with Crippen molar-refractivity contribution in [1.29, 1.82) is 0 Å². The van der Waals surface area contributed by atoms with Gasteiger partial charge < -0.3 is 0 Å². The van der Waals surface area contributed by atoms with Crippen LogP contribution in [0.4, 0.5) is 35.1 Å². The van der Waals surface area contributed by atoms with E-state index in [1.807, 2.05) is 0 Å². The van der Waals surface area contributed by atoms with E-state index < -0.39 is 35.5 Å². The highest BCUT2D eigenvalue weighted by molar-refractivity contribution is 6.07. The molecule has 0 atom stereocenters. The summed E-state index contributed by atoms with van der Waals surface area (Å²) < 4.78 is 107. The molecule has 9 heteroatoms. The predicted molar refractivity (Wildman–Crippen MR) is 88.0 cm³/mol. The van der Waals surface area contributed by atoms with E-state index in [2.05, 4.69) is 4.99 Å². The second-order valence-electron chi connectivity index (χ2n) is 6.35. The Morgan fingerprint density at radius 3 is 2.11 bits per heavy atom. The molecule has 0 amide bonds. The van der Waals surface area contributed by atoms with Crippen LogP contribution in [0.5, 0.6) is 0 Å². The molecule has 0 N–H and O–H groups in total. The van der Waals surface area contributed by atoms with Crippen molar-refractivity contribution in [2.75, 3.05) is 7.05 Å². The second kappa shape index (κ2) is 6.56. The topological polar surface area (TPSA) is 12.4 Å². The van der Waals surface area contributed by atoms with Crippen LogP contribution in [0.1, 0.15) is 16.7 Å². The Kier molecular flexibility index (Phi) is 4.75. The van der Waals surface area contributed by atoms with Gasteiger partial charge in [-0.2, -0.15) is 26.3 Å². The maximum atomic E-state index is 14.3. The van der Waals surface area contributed by atoms with Crippen molar-refractivity contribution >= 4 is 5.71 Å². The van der Waals surface area contributed by atoms with Crippen molar-refractivity contribution in [1.82, 2.24) is 0 Å². The van der Waals surface area contributed by atoms with Crippen LogP contribution in [0.3, 0.4) is 0 Å². The number of nitrogens with zero attached hydrogens (tertiary/aromatic N) is 1. The van der Waals surface area contributed by atoms with Crippen LogP contribution in [0.2, 0.25) is 0 Å². The van der Waals surface area contributed by atoms with Gasteiger partial charge in [-0.25, -0.2) is 8.78 Å². The molecule has 2 aromatic rings. The number of rotatable bonds is 5. The first-order valence-electron chi connectivity index (χ1n) is 8.05. The van der Waals surface area contributed by atoms with Crippen LogP contribution < -0.4 is 0 Å². The van der Waals surface area contributed by atoms with Gasteiger partial charge in [-0.15, -0.1) is 0 Å². The lowest BCUT2D eigenvalue weighted by molar-refractivity contribution is -0.319. The molecule has 1 nitrogen and oxygen atoms in total. The van der Waals surface area contributed by atoms with Gasteiger partial charge >= 0.3 is 24.2 Å². The zero-order valence-electron chi connectivity index (χ0n) is 14.3. The SMILES string of the molecule is CN=C(c1ccc2c(c1)Cc1ccccc1-2)C(F)(F)C(F)(F)C(F)(F)C(F)F. The Labute approximate surface area is 154 Å². The van der Waals surface area contributed by atoms with E-state index in [1.165, 1.54) is 6.07 Å². The van der Waals surface area contributed by atoms with Crippen molar-refractivity contribution < 1.29 is 35.1 Å². The number of hydrogen-bond donors (Lipinski definition) is 0. The third-order valence-electron chi connectivity index (χ3n) is 4.68. The molecule has 0 heterocycles. The van der Waals surface area contributed by atoms with E-state index in [4.69, 9.17) is 0 Å². The molecule has 1 aliphatic carbocycles. The number of halogens is 8. The standard InChI is InChI=1S/C19H13F8N/c1-28-15(17(22,23)19(26,27)18(24,25)16(20)21)11-6-7-14-12(9-11)8-10-4-2-3-5-13(10)14/h2-7,9,16H,8H2,1H3. The number of benzene rings is 2. The van der Waals surface area contributed by atoms with Gasteiger partial charge in [-0.3, -0.25) is 4.99 Å². The van der Waals surface area contributed by atoms with E-state index >= 15 is 0 Å². The molecule has 0 unspecified atom stereocenters. The van der Waals surface area contributed by atoms with Crippen molar-refractivity contribution in [3.05, 3.63) is 59.2 Å². The monoisotopic (exact) mass is 407 g/mol. The van der Waals surface area contributed by atoms with Crippen LogP contribution in [-0.2, 0) is 6.42 Å². The smallest absolute Gasteiger partial charge is 0.286 e. The van der Waals surface area contributed by atoms with E-state index in [9.17, 15) is 35.1 Å². The fourth-order valence-corrected chi connectivity index (χ4v) is 3.24. The summed E-state index contributed by atoms with van der Waals surface area (Å²) in [7, 11) is 0.710. The number of aliphatic imine (C=N–C) groups is 1. The lowest BCUT2D eigenvalue weighted by atomic mass is 9.93. The summed E-state index contributed by atoms with van der Waals surface area (Å²) >= 11 is 0. The van der Waals surface area contributed by atoms with E-state index in [0.717, 1.165) is 23.3 Å². The number of hydrogen-bond acceptors (Lipinski definition) is 1. The highest BCUT2D eigenvalue weighted by atomic mass is 19.4. The lowest BCUT2D eigenvalue weighted by Crippen LogP contribution is -2.60. The molecular weight excluding hydrogens is 394 g/mol. The molecule has 0 radical (unpaired) electrons. The maximum absolute atomic E-state index is 14.3. The molecule has 1 aliphatic rings. The quantitative estimate of drug-likeness (QED) is 0.372. The Morgan fingerprint density at radius 2 is 1.50 bits per heavy atom. The largest absolute Gasteiger partial charge is 0.383 e. The molecule has 0 aromatic heterocycles. The molecule has 0 aliphatic heterocycles. The maximum Gasteiger partial charge on any atom is 0.383 e. The van der Waals surface area contributed by atoms with Crippen molar-refractivity contribution in [2.24, 2.45) is 4.99 Å². The van der Waals surface area contributed by atoms with Crippen molar-refractivity contribution in [3.8, 4) is 11.1 Å². The molecule has 28 heavy (non-hydrogen) atoms. The predicted octanol–water partition coefficient (Wildman–Crippen LogP) is 5.85. The first-order valence-corrected chi connectivity index (χ1v) is 8.05. The fourth-order valence-electron chi connectivity index (χ4n) is 3.24. The molecule has 3 rings (SSSR count). The van der Waals surface area contributed by atoms with E-state index in [-0.39, 0.29) is 0 Å². The minimum Gasteiger partial charge on any atom is -0.286 e. The Balaban J connectivity index is 2.04. The fraction of sp³-hybridized carbons (Fsp3) is 0.316. The van der Waals surface area contributed by atoms with Crippen LogP contribution >= 0.6 is 0 Å². The molecule has 150 valence electrons. The number of alkyl halides is 8. The average Bonchev–Trinajstić information content (AvgIpc) is 2.99. The van der Waals surface area contributed by atoms with Gasteiger partial charge in [0.1, 0.15) is 5.71 Å². The summed E-state index contributed by atoms with van der Waals surface area (Å²) in [5.74, 6) is -18.2. The highest BCUT2D eigenvalue weighted by Gasteiger charge is 2.77. The molecule has 2 aromatic carbocycles. The summed E-state index contributed by atoms with van der Waals surface area (Å²) in [6.45, 7) is 0. The average molecular weight is 407 g/mol. The normalized spacial score (nSPS) is 15.0. The molecule has 0 fully saturated rings. The molecule has 0 spiro atoms. The van der Waals surface area contributed by atoms with Crippen LogP contribution in [0.15, 0.2) is 47.5 Å². The second-order valence-corrected chi connectivity index (χ2v) is 6.35.